The van der Waals surface area contributed by atoms with Gasteiger partial charge in [-0.25, -0.2) is 4.79 Å². The smallest absolute Gasteiger partial charge is 0.335 e. The summed E-state index contributed by atoms with van der Waals surface area (Å²) >= 11 is 0. The van der Waals surface area contributed by atoms with Crippen LogP contribution in [0.5, 0.6) is 0 Å². The molecule has 3 rings (SSSR count). The van der Waals surface area contributed by atoms with Gasteiger partial charge in [0.05, 0.1) is 12.1 Å². The first kappa shape index (κ1) is 13.4. The molecule has 0 saturated carbocycles. The first-order valence-corrected chi connectivity index (χ1v) is 6.85. The van der Waals surface area contributed by atoms with Crippen LogP contribution >= 0.6 is 0 Å². The molecule has 0 unspecified atom stereocenters. The fourth-order valence-corrected chi connectivity index (χ4v) is 2.61. The fraction of sp³-hybridized carbons (Fsp3) is 0.176. The fourth-order valence-electron chi connectivity index (χ4n) is 2.61. The van der Waals surface area contributed by atoms with Crippen LogP contribution in [0.3, 0.4) is 0 Å². The Morgan fingerprint density at radius 1 is 1.10 bits per heavy atom. The molecule has 0 atom stereocenters. The maximum absolute atomic E-state index is 12.2. The summed E-state index contributed by atoms with van der Waals surface area (Å²) in [6.45, 7) is 0.468. The number of carboxylic acids is 1. The number of aryl methyl sites for hydroxylation is 1. The summed E-state index contributed by atoms with van der Waals surface area (Å²) in [6, 6.07) is 14.7. The van der Waals surface area contributed by atoms with E-state index in [2.05, 4.69) is 0 Å². The van der Waals surface area contributed by atoms with Crippen molar-refractivity contribution >= 4 is 17.6 Å². The van der Waals surface area contributed by atoms with Gasteiger partial charge in [0.1, 0.15) is 0 Å². The minimum absolute atomic E-state index is 0.0360. The van der Waals surface area contributed by atoms with Gasteiger partial charge in [0.15, 0.2) is 0 Å². The molecule has 2 aromatic carbocycles. The van der Waals surface area contributed by atoms with E-state index in [-0.39, 0.29) is 11.5 Å². The third-order valence-corrected chi connectivity index (χ3v) is 3.72. The molecule has 1 aliphatic rings. The number of hydrogen-bond acceptors (Lipinski definition) is 2. The number of nitrogens with zero attached hydrogens (tertiary/aromatic N) is 1. The zero-order chi connectivity index (χ0) is 14.8. The van der Waals surface area contributed by atoms with Gasteiger partial charge in [-0.3, -0.25) is 4.79 Å². The number of carbonyl (C=O) groups is 2. The number of fused-ring (bicyclic) bond motifs is 1. The molecule has 4 heteroatoms. The largest absolute Gasteiger partial charge is 0.478 e. The highest BCUT2D eigenvalue weighted by atomic mass is 16.4. The topological polar surface area (TPSA) is 57.6 Å². The van der Waals surface area contributed by atoms with Crippen molar-refractivity contribution < 1.29 is 14.7 Å². The molecule has 0 aliphatic carbocycles. The van der Waals surface area contributed by atoms with Crippen molar-refractivity contribution in [2.75, 3.05) is 4.90 Å². The number of aromatic carboxylic acids is 1. The maximum Gasteiger partial charge on any atom is 0.335 e. The van der Waals surface area contributed by atoms with Gasteiger partial charge in [-0.1, -0.05) is 36.4 Å². The van der Waals surface area contributed by atoms with Crippen molar-refractivity contribution in [3.05, 3.63) is 65.2 Å². The van der Waals surface area contributed by atoms with Crippen LogP contribution in [0.15, 0.2) is 48.5 Å². The van der Waals surface area contributed by atoms with Gasteiger partial charge in [0.25, 0.3) is 0 Å². The van der Waals surface area contributed by atoms with Gasteiger partial charge in [-0.05, 0) is 29.7 Å². The predicted molar refractivity (Wildman–Crippen MR) is 79.4 cm³/mol. The molecular formula is C17H15NO3. The highest BCUT2D eigenvalue weighted by molar-refractivity contribution is 5.98. The van der Waals surface area contributed by atoms with Gasteiger partial charge in [0, 0.05) is 12.1 Å². The number of amides is 1. The summed E-state index contributed by atoms with van der Waals surface area (Å²) in [4.78, 5) is 25.0. The minimum atomic E-state index is -0.976. The van der Waals surface area contributed by atoms with E-state index in [4.69, 9.17) is 5.11 Å². The van der Waals surface area contributed by atoms with E-state index in [9.17, 15) is 9.59 Å². The van der Waals surface area contributed by atoms with Crippen molar-refractivity contribution in [2.45, 2.75) is 19.4 Å². The average Bonchev–Trinajstić information content (AvgIpc) is 2.50. The molecule has 0 saturated heterocycles. The lowest BCUT2D eigenvalue weighted by Crippen LogP contribution is -2.34. The molecule has 1 heterocycles. The second kappa shape index (κ2) is 5.40. The molecule has 4 nitrogen and oxygen atoms in total. The van der Waals surface area contributed by atoms with Gasteiger partial charge in [0.2, 0.25) is 5.91 Å². The van der Waals surface area contributed by atoms with E-state index in [1.807, 2.05) is 36.4 Å². The monoisotopic (exact) mass is 281 g/mol. The SMILES string of the molecule is O=C(O)c1ccc2c(c1)N(Cc1ccccc1)C(=O)CC2. The van der Waals surface area contributed by atoms with Crippen molar-refractivity contribution in [2.24, 2.45) is 0 Å². The van der Waals surface area contributed by atoms with Gasteiger partial charge in [-0.15, -0.1) is 0 Å². The number of anilines is 1. The standard InChI is InChI=1S/C17H15NO3/c19-16-9-8-13-6-7-14(17(20)21)10-15(13)18(16)11-12-4-2-1-3-5-12/h1-7,10H,8-9,11H2,(H,20,21). The Balaban J connectivity index is 1.99. The highest BCUT2D eigenvalue weighted by Gasteiger charge is 2.25. The number of hydrogen-bond donors (Lipinski definition) is 1. The van der Waals surface area contributed by atoms with Crippen LogP contribution in [0.1, 0.15) is 27.9 Å². The summed E-state index contributed by atoms with van der Waals surface area (Å²) in [5.74, 6) is -0.940. The zero-order valence-corrected chi connectivity index (χ0v) is 11.5. The summed E-state index contributed by atoms with van der Waals surface area (Å²) < 4.78 is 0. The molecule has 0 fully saturated rings. The lowest BCUT2D eigenvalue weighted by atomic mass is 9.98. The quantitative estimate of drug-likeness (QED) is 0.941. The normalized spacial score (nSPS) is 13.9. The number of carbonyl (C=O) groups excluding carboxylic acids is 1. The van der Waals surface area contributed by atoms with Crippen LogP contribution in [0.4, 0.5) is 5.69 Å². The van der Waals surface area contributed by atoms with Crippen LogP contribution in [-0.4, -0.2) is 17.0 Å². The van der Waals surface area contributed by atoms with E-state index in [1.54, 1.807) is 17.0 Å². The molecule has 106 valence electrons. The first-order chi connectivity index (χ1) is 10.1. The second-order valence-electron chi connectivity index (χ2n) is 5.11. The van der Waals surface area contributed by atoms with Crippen LogP contribution in [0, 0.1) is 0 Å². The molecule has 0 bridgehead atoms. The van der Waals surface area contributed by atoms with Crippen LogP contribution in [0.25, 0.3) is 0 Å². The van der Waals surface area contributed by atoms with Crippen molar-refractivity contribution in [3.63, 3.8) is 0 Å². The zero-order valence-electron chi connectivity index (χ0n) is 11.5. The maximum atomic E-state index is 12.2. The Morgan fingerprint density at radius 3 is 2.57 bits per heavy atom. The Morgan fingerprint density at radius 2 is 1.86 bits per heavy atom. The average molecular weight is 281 g/mol. The molecule has 21 heavy (non-hydrogen) atoms. The van der Waals surface area contributed by atoms with Gasteiger partial charge in [-0.2, -0.15) is 0 Å². The molecule has 0 aromatic heterocycles. The lowest BCUT2D eigenvalue weighted by molar-refractivity contribution is -0.119. The summed E-state index contributed by atoms with van der Waals surface area (Å²) in [5.41, 5.74) is 2.98. The van der Waals surface area contributed by atoms with E-state index in [1.165, 1.54) is 0 Å². The van der Waals surface area contributed by atoms with E-state index < -0.39 is 5.97 Å². The number of benzene rings is 2. The Kier molecular flexibility index (Phi) is 3.44. The Hall–Kier alpha value is -2.62. The van der Waals surface area contributed by atoms with E-state index in [0.29, 0.717) is 19.4 Å². The van der Waals surface area contributed by atoms with Gasteiger partial charge < -0.3 is 10.0 Å². The third kappa shape index (κ3) is 2.65. The second-order valence-corrected chi connectivity index (χ2v) is 5.11. The molecular weight excluding hydrogens is 266 g/mol. The van der Waals surface area contributed by atoms with Crippen molar-refractivity contribution in [3.8, 4) is 0 Å². The molecule has 0 spiro atoms. The van der Waals surface area contributed by atoms with Crippen LogP contribution < -0.4 is 4.90 Å². The number of carboxylic acid groups (broad SMARTS) is 1. The predicted octanol–water partition coefficient (Wildman–Crippen LogP) is 2.86. The van der Waals surface area contributed by atoms with Gasteiger partial charge >= 0.3 is 5.97 Å². The third-order valence-electron chi connectivity index (χ3n) is 3.72. The summed E-state index contributed by atoms with van der Waals surface area (Å²) in [5, 5.41) is 9.12. The molecule has 1 N–H and O–H groups in total. The van der Waals surface area contributed by atoms with Crippen LogP contribution in [0.2, 0.25) is 0 Å². The molecule has 1 aliphatic heterocycles. The number of rotatable bonds is 3. The molecule has 2 aromatic rings. The highest BCUT2D eigenvalue weighted by Crippen LogP contribution is 2.30. The Bertz CT molecular complexity index is 694. The Labute approximate surface area is 122 Å². The van der Waals surface area contributed by atoms with Crippen LogP contribution in [-0.2, 0) is 17.8 Å². The van der Waals surface area contributed by atoms with E-state index in [0.717, 1.165) is 16.8 Å². The lowest BCUT2D eigenvalue weighted by Gasteiger charge is -2.29. The van der Waals surface area contributed by atoms with Crippen molar-refractivity contribution in [1.29, 1.82) is 0 Å². The minimum Gasteiger partial charge on any atom is -0.478 e. The first-order valence-electron chi connectivity index (χ1n) is 6.85. The molecule has 0 radical (unpaired) electrons. The van der Waals surface area contributed by atoms with E-state index >= 15 is 0 Å². The summed E-state index contributed by atoms with van der Waals surface area (Å²) in [6.07, 6.45) is 1.13. The summed E-state index contributed by atoms with van der Waals surface area (Å²) in [7, 11) is 0. The molecule has 1 amide bonds. The van der Waals surface area contributed by atoms with Crippen molar-refractivity contribution in [1.82, 2.24) is 0 Å².